The number of allylic oxidation sites excluding steroid dienone is 2. The number of alkyl halides is 3. The summed E-state index contributed by atoms with van der Waals surface area (Å²) in [6.45, 7) is 2.35. The van der Waals surface area contributed by atoms with E-state index in [1.807, 2.05) is 42.6 Å². The number of ether oxygens (including phenoxy) is 1. The van der Waals surface area contributed by atoms with E-state index in [9.17, 15) is 13.2 Å². The van der Waals surface area contributed by atoms with E-state index in [-0.39, 0.29) is 5.56 Å². The van der Waals surface area contributed by atoms with Crippen molar-refractivity contribution in [1.29, 1.82) is 0 Å². The monoisotopic (exact) mass is 402 g/mol. The van der Waals surface area contributed by atoms with Crippen LogP contribution in [-0.2, 0) is 6.18 Å². The second kappa shape index (κ2) is 7.39. The molecule has 2 heterocycles. The number of nitrogens with zero attached hydrogens (tertiary/aromatic N) is 2. The molecule has 144 valence electrons. The van der Waals surface area contributed by atoms with Crippen LogP contribution < -0.4 is 4.74 Å². The van der Waals surface area contributed by atoms with Gasteiger partial charge >= 0.3 is 6.18 Å². The van der Waals surface area contributed by atoms with E-state index in [0.29, 0.717) is 11.5 Å². The predicted octanol–water partition coefficient (Wildman–Crippen LogP) is 6.08. The number of hydrogen-bond donors (Lipinski definition) is 0. The maximum absolute atomic E-state index is 12.9. The summed E-state index contributed by atoms with van der Waals surface area (Å²) >= 11 is 1.55. The van der Waals surface area contributed by atoms with E-state index in [4.69, 9.17) is 4.74 Å². The third-order valence-corrected chi connectivity index (χ3v) is 5.19. The summed E-state index contributed by atoms with van der Waals surface area (Å²) in [6.07, 6.45) is 1.68. The van der Waals surface area contributed by atoms with Gasteiger partial charge in [0.15, 0.2) is 0 Å². The van der Waals surface area contributed by atoms with Gasteiger partial charge in [0.25, 0.3) is 0 Å². The summed E-state index contributed by atoms with van der Waals surface area (Å²) in [5.41, 5.74) is 1.52. The van der Waals surface area contributed by atoms with Gasteiger partial charge in [-0.25, -0.2) is 0 Å². The summed E-state index contributed by atoms with van der Waals surface area (Å²) in [5, 5.41) is 0. The van der Waals surface area contributed by atoms with Gasteiger partial charge in [-0.15, -0.1) is 0 Å². The minimum absolute atomic E-state index is 0.133. The van der Waals surface area contributed by atoms with Crippen LogP contribution in [0, 0.1) is 6.92 Å². The summed E-state index contributed by atoms with van der Waals surface area (Å²) in [7, 11) is 0. The van der Waals surface area contributed by atoms with Crippen molar-refractivity contribution in [2.45, 2.75) is 13.1 Å². The summed E-state index contributed by atoms with van der Waals surface area (Å²) in [6, 6.07) is 11.3. The molecule has 0 spiro atoms. The van der Waals surface area contributed by atoms with Crippen LogP contribution in [-0.4, -0.2) is 23.0 Å². The lowest BCUT2D eigenvalue weighted by Gasteiger charge is -2.29. The van der Waals surface area contributed by atoms with E-state index in [1.54, 1.807) is 11.9 Å². The highest BCUT2D eigenvalue weighted by molar-refractivity contribution is 7.98. The summed E-state index contributed by atoms with van der Waals surface area (Å²) in [5.74, 6) is 2.83. The van der Waals surface area contributed by atoms with Crippen molar-refractivity contribution in [3.63, 3.8) is 0 Å². The van der Waals surface area contributed by atoms with Crippen LogP contribution in [0.3, 0.4) is 0 Å². The van der Waals surface area contributed by atoms with Gasteiger partial charge in [0.05, 0.1) is 5.56 Å². The average Bonchev–Trinajstić information content (AvgIpc) is 2.67. The standard InChI is InChI=1S/C21H17F3N2OS/c1-14-13-17(8-9-19(14)21(22,23)24)27-16-6-4-15(5-7-16)18-3-2-10-26-11-12-28-25-20(18)26/h2-10,13H,11-12H2,1H3. The first kappa shape index (κ1) is 18.7. The van der Waals surface area contributed by atoms with Crippen LogP contribution in [0.1, 0.15) is 16.7 Å². The number of fused-ring (bicyclic) bond motifs is 1. The zero-order valence-corrected chi connectivity index (χ0v) is 15.8. The molecule has 0 saturated heterocycles. The first-order valence-electron chi connectivity index (χ1n) is 8.73. The fourth-order valence-corrected chi connectivity index (χ4v) is 3.85. The number of halogens is 3. The van der Waals surface area contributed by atoms with Crippen molar-refractivity contribution in [1.82, 2.24) is 4.90 Å². The molecule has 0 fully saturated rings. The molecule has 3 nitrogen and oxygen atoms in total. The molecule has 0 atom stereocenters. The highest BCUT2D eigenvalue weighted by atomic mass is 32.2. The number of rotatable bonds is 3. The number of amidine groups is 1. The van der Waals surface area contributed by atoms with Gasteiger partial charge in [0.2, 0.25) is 0 Å². The van der Waals surface area contributed by atoms with E-state index < -0.39 is 11.7 Å². The lowest BCUT2D eigenvalue weighted by atomic mass is 10.0. The zero-order chi connectivity index (χ0) is 19.7. The molecular formula is C21H17F3N2OS. The van der Waals surface area contributed by atoms with Gasteiger partial charge in [-0.1, -0.05) is 12.1 Å². The summed E-state index contributed by atoms with van der Waals surface area (Å²) < 4.78 is 48.9. The van der Waals surface area contributed by atoms with Gasteiger partial charge in [-0.2, -0.15) is 17.6 Å². The topological polar surface area (TPSA) is 24.8 Å². The number of benzene rings is 2. The molecule has 2 aliphatic rings. The molecule has 28 heavy (non-hydrogen) atoms. The third kappa shape index (κ3) is 3.80. The van der Waals surface area contributed by atoms with Crippen molar-refractivity contribution >= 4 is 23.4 Å². The Morgan fingerprint density at radius 1 is 1.07 bits per heavy atom. The Kier molecular flexibility index (Phi) is 4.93. The SMILES string of the molecule is Cc1cc(Oc2ccc(C3=CC=CN4CCSN=C34)cc2)ccc1C(F)(F)F. The molecule has 2 aromatic rings. The van der Waals surface area contributed by atoms with Crippen molar-refractivity contribution < 1.29 is 17.9 Å². The van der Waals surface area contributed by atoms with Gasteiger partial charge in [0.1, 0.15) is 17.3 Å². The van der Waals surface area contributed by atoms with E-state index in [2.05, 4.69) is 9.30 Å². The van der Waals surface area contributed by atoms with Crippen LogP contribution in [0.15, 0.2) is 65.2 Å². The molecule has 2 aliphatic heterocycles. The van der Waals surface area contributed by atoms with Crippen LogP contribution in [0.4, 0.5) is 13.2 Å². The minimum Gasteiger partial charge on any atom is -0.457 e. The zero-order valence-electron chi connectivity index (χ0n) is 15.0. The third-order valence-electron chi connectivity index (χ3n) is 4.52. The van der Waals surface area contributed by atoms with Crippen LogP contribution >= 0.6 is 11.9 Å². The lowest BCUT2D eigenvalue weighted by molar-refractivity contribution is -0.138. The number of aryl methyl sites for hydroxylation is 1. The molecule has 0 amide bonds. The Balaban J connectivity index is 1.53. The van der Waals surface area contributed by atoms with Gasteiger partial charge in [-0.3, -0.25) is 0 Å². The molecule has 2 aromatic carbocycles. The minimum atomic E-state index is -4.36. The molecule has 4 rings (SSSR count). The van der Waals surface area contributed by atoms with Crippen LogP contribution in [0.2, 0.25) is 0 Å². The smallest absolute Gasteiger partial charge is 0.416 e. The molecule has 0 saturated carbocycles. The maximum atomic E-state index is 12.9. The normalized spacial score (nSPS) is 16.4. The molecule has 0 aliphatic carbocycles. The second-order valence-corrected chi connectivity index (χ2v) is 7.31. The highest BCUT2D eigenvalue weighted by Gasteiger charge is 2.32. The quantitative estimate of drug-likeness (QED) is 0.582. The molecule has 0 bridgehead atoms. The van der Waals surface area contributed by atoms with E-state index in [1.165, 1.54) is 19.1 Å². The second-order valence-electron chi connectivity index (χ2n) is 6.46. The Hall–Kier alpha value is -2.67. The van der Waals surface area contributed by atoms with E-state index in [0.717, 1.165) is 35.3 Å². The molecule has 0 unspecified atom stereocenters. The predicted molar refractivity (Wildman–Crippen MR) is 106 cm³/mol. The van der Waals surface area contributed by atoms with Crippen LogP contribution in [0.25, 0.3) is 5.57 Å². The van der Waals surface area contributed by atoms with Gasteiger partial charge in [-0.05, 0) is 72.5 Å². The van der Waals surface area contributed by atoms with Crippen molar-refractivity contribution in [2.75, 3.05) is 12.3 Å². The fourth-order valence-electron chi connectivity index (χ4n) is 3.15. The Morgan fingerprint density at radius 2 is 1.82 bits per heavy atom. The van der Waals surface area contributed by atoms with E-state index >= 15 is 0 Å². The molecule has 0 radical (unpaired) electrons. The first-order chi connectivity index (χ1) is 13.4. The maximum Gasteiger partial charge on any atom is 0.416 e. The van der Waals surface area contributed by atoms with Crippen molar-refractivity contribution in [3.05, 3.63) is 77.5 Å². The fraction of sp³-hybridized carbons (Fsp3) is 0.190. The largest absolute Gasteiger partial charge is 0.457 e. The van der Waals surface area contributed by atoms with Gasteiger partial charge < -0.3 is 9.64 Å². The molecular weight excluding hydrogens is 385 g/mol. The Morgan fingerprint density at radius 3 is 2.54 bits per heavy atom. The first-order valence-corrected chi connectivity index (χ1v) is 9.68. The lowest BCUT2D eigenvalue weighted by Crippen LogP contribution is -2.32. The molecule has 0 aromatic heterocycles. The Labute approximate surface area is 165 Å². The Bertz CT molecular complexity index is 978. The summed E-state index contributed by atoms with van der Waals surface area (Å²) in [4.78, 5) is 2.13. The van der Waals surface area contributed by atoms with Crippen LogP contribution in [0.5, 0.6) is 11.5 Å². The average molecular weight is 402 g/mol. The van der Waals surface area contributed by atoms with Gasteiger partial charge in [0, 0.05) is 24.1 Å². The molecule has 7 heteroatoms. The highest BCUT2D eigenvalue weighted by Crippen LogP contribution is 2.35. The van der Waals surface area contributed by atoms with Crippen molar-refractivity contribution in [2.24, 2.45) is 4.40 Å². The van der Waals surface area contributed by atoms with Crippen molar-refractivity contribution in [3.8, 4) is 11.5 Å². The number of hydrogen-bond acceptors (Lipinski definition) is 4. The molecule has 0 N–H and O–H groups in total.